The number of nitrogens with two attached hydrogens (primary N) is 1. The van der Waals surface area contributed by atoms with Crippen molar-refractivity contribution in [1.82, 2.24) is 0 Å². The maximum Gasteiger partial charge on any atom is 0.414 e. The number of hydrogen-bond acceptors (Lipinski definition) is 5. The van der Waals surface area contributed by atoms with Crippen molar-refractivity contribution in [3.63, 3.8) is 0 Å². The van der Waals surface area contributed by atoms with Gasteiger partial charge < -0.3 is 15.9 Å². The van der Waals surface area contributed by atoms with Gasteiger partial charge in [0, 0.05) is 21.2 Å². The molecule has 6 nitrogen and oxygen atoms in total. The molecule has 0 spiro atoms. The summed E-state index contributed by atoms with van der Waals surface area (Å²) in [5.41, 5.74) is 5.11. The molecule has 0 amide bonds. The maximum absolute atomic E-state index is 11.9. The number of rotatable bonds is 7. The quantitative estimate of drug-likeness (QED) is 0.531. The minimum Gasteiger partial charge on any atom is -0.480 e. The van der Waals surface area contributed by atoms with E-state index < -0.39 is 51.9 Å². The van der Waals surface area contributed by atoms with Crippen molar-refractivity contribution in [3.05, 3.63) is 0 Å². The molecule has 0 aromatic heterocycles. The van der Waals surface area contributed by atoms with Crippen LogP contribution in [0.2, 0.25) is 0 Å². The van der Waals surface area contributed by atoms with Gasteiger partial charge in [0.1, 0.15) is 6.04 Å². The summed E-state index contributed by atoms with van der Waals surface area (Å²) in [6.45, 7) is 0. The third-order valence-corrected chi connectivity index (χ3v) is 3.96. The summed E-state index contributed by atoms with van der Waals surface area (Å²) in [6, 6.07) is -1.30. The summed E-state index contributed by atoms with van der Waals surface area (Å²) in [7, 11) is -3.37. The van der Waals surface area contributed by atoms with Crippen molar-refractivity contribution < 1.29 is 32.4 Å². The summed E-state index contributed by atoms with van der Waals surface area (Å²) in [5.74, 6) is -2.40. The third-order valence-electron chi connectivity index (χ3n) is 2.17. The summed E-state index contributed by atoms with van der Waals surface area (Å²) >= 11 is 0. The number of aliphatic hydroxyl groups is 1. The predicted octanol–water partition coefficient (Wildman–Crippen LogP) is 0.148. The predicted molar refractivity (Wildman–Crippen MR) is 57.5 cm³/mol. The molecule has 2 unspecified atom stereocenters. The van der Waals surface area contributed by atoms with E-state index >= 15 is 0 Å². The SMILES string of the molecule is N=[S@@](=O)(CCC(N)C(=O)O)CCC(O)C(F)(F)F. The number of nitrogens with one attached hydrogen (secondary N) is 1. The number of halogens is 3. The second kappa shape index (κ2) is 6.34. The van der Waals surface area contributed by atoms with Gasteiger partial charge in [-0.15, -0.1) is 0 Å². The number of aliphatic hydroxyl groups excluding tert-OH is 1. The number of carboxylic acid groups (broad SMARTS) is 1. The molecule has 18 heavy (non-hydrogen) atoms. The van der Waals surface area contributed by atoms with Crippen LogP contribution in [0.1, 0.15) is 12.8 Å². The molecule has 0 saturated carbocycles. The van der Waals surface area contributed by atoms with Crippen LogP contribution >= 0.6 is 0 Å². The topological polar surface area (TPSA) is 124 Å². The first-order valence-electron chi connectivity index (χ1n) is 4.93. The minimum absolute atomic E-state index is 0.264. The van der Waals surface area contributed by atoms with Gasteiger partial charge in [-0.05, 0) is 12.8 Å². The zero-order valence-electron chi connectivity index (χ0n) is 9.31. The first-order chi connectivity index (χ1) is 7.96. The third kappa shape index (κ3) is 6.77. The monoisotopic (exact) mass is 292 g/mol. The van der Waals surface area contributed by atoms with Crippen molar-refractivity contribution in [1.29, 1.82) is 4.78 Å². The Balaban J connectivity index is 4.22. The molecule has 0 aromatic rings. The fourth-order valence-corrected chi connectivity index (χ4v) is 2.45. The lowest BCUT2D eigenvalue weighted by Crippen LogP contribution is -2.33. The number of alkyl halides is 3. The Kier molecular flexibility index (Phi) is 6.04. The molecule has 5 N–H and O–H groups in total. The second-order valence-corrected chi connectivity index (χ2v) is 6.24. The molecule has 0 rings (SSSR count). The Morgan fingerprint density at radius 1 is 1.33 bits per heavy atom. The van der Waals surface area contributed by atoms with E-state index in [9.17, 15) is 22.2 Å². The first kappa shape index (κ1) is 17.1. The molecule has 0 bridgehead atoms. The Morgan fingerprint density at radius 2 is 1.78 bits per heavy atom. The number of carboxylic acids is 1. The van der Waals surface area contributed by atoms with Gasteiger partial charge >= 0.3 is 12.1 Å². The zero-order chi connectivity index (χ0) is 14.6. The van der Waals surface area contributed by atoms with E-state index in [2.05, 4.69) is 0 Å². The average molecular weight is 292 g/mol. The van der Waals surface area contributed by atoms with E-state index in [1.54, 1.807) is 0 Å². The number of aliphatic carboxylic acids is 1. The molecule has 0 heterocycles. The van der Waals surface area contributed by atoms with Gasteiger partial charge in [-0.1, -0.05) is 0 Å². The summed E-state index contributed by atoms with van der Waals surface area (Å²) in [6.07, 6.45) is -8.56. The zero-order valence-corrected chi connectivity index (χ0v) is 10.1. The van der Waals surface area contributed by atoms with Crippen LogP contribution in [0, 0.1) is 4.78 Å². The summed E-state index contributed by atoms with van der Waals surface area (Å²) in [5, 5.41) is 17.1. The fraction of sp³-hybridized carbons (Fsp3) is 0.875. The minimum atomic E-state index is -4.81. The van der Waals surface area contributed by atoms with E-state index in [4.69, 9.17) is 20.7 Å². The van der Waals surface area contributed by atoms with Crippen LogP contribution in [0.15, 0.2) is 0 Å². The van der Waals surface area contributed by atoms with E-state index in [1.165, 1.54) is 0 Å². The van der Waals surface area contributed by atoms with Crippen LogP contribution in [-0.4, -0.2) is 50.2 Å². The summed E-state index contributed by atoms with van der Waals surface area (Å²) in [4.78, 5) is 10.3. The molecule has 108 valence electrons. The van der Waals surface area contributed by atoms with Gasteiger partial charge in [0.15, 0.2) is 6.10 Å². The number of carbonyl (C=O) groups is 1. The van der Waals surface area contributed by atoms with Crippen molar-refractivity contribution in [3.8, 4) is 0 Å². The highest BCUT2D eigenvalue weighted by Gasteiger charge is 2.38. The number of hydrogen-bond donors (Lipinski definition) is 4. The van der Waals surface area contributed by atoms with Crippen molar-refractivity contribution >= 4 is 15.7 Å². The Hall–Kier alpha value is -0.870. The van der Waals surface area contributed by atoms with Crippen molar-refractivity contribution in [2.45, 2.75) is 31.2 Å². The Bertz CT molecular complexity index is 382. The van der Waals surface area contributed by atoms with Crippen LogP contribution in [0.4, 0.5) is 13.2 Å². The molecule has 0 aliphatic rings. The smallest absolute Gasteiger partial charge is 0.414 e. The Morgan fingerprint density at radius 3 is 2.17 bits per heavy atom. The molecule has 10 heteroatoms. The molecule has 0 fully saturated rings. The maximum atomic E-state index is 11.9. The van der Waals surface area contributed by atoms with Gasteiger partial charge in [0.05, 0.1) is 0 Å². The van der Waals surface area contributed by atoms with Crippen LogP contribution < -0.4 is 5.73 Å². The highest BCUT2D eigenvalue weighted by atomic mass is 32.2. The van der Waals surface area contributed by atoms with Gasteiger partial charge in [-0.3, -0.25) is 9.57 Å². The van der Waals surface area contributed by atoms with E-state index in [1.807, 2.05) is 0 Å². The van der Waals surface area contributed by atoms with Crippen LogP contribution in [0.25, 0.3) is 0 Å². The van der Waals surface area contributed by atoms with Crippen LogP contribution in [-0.2, 0) is 14.5 Å². The normalized spacial score (nSPS) is 18.9. The van der Waals surface area contributed by atoms with Gasteiger partial charge in [-0.2, -0.15) is 13.2 Å². The lowest BCUT2D eigenvalue weighted by Gasteiger charge is -2.15. The lowest BCUT2D eigenvalue weighted by molar-refractivity contribution is -0.203. The van der Waals surface area contributed by atoms with Gasteiger partial charge in [-0.25, -0.2) is 4.21 Å². The molecular formula is C8H15F3N2O4S. The molecule has 0 radical (unpaired) electrons. The molecule has 0 aromatic carbocycles. The molecule has 0 aliphatic carbocycles. The average Bonchev–Trinajstić information content (AvgIpc) is 2.21. The van der Waals surface area contributed by atoms with Gasteiger partial charge in [0.2, 0.25) is 0 Å². The van der Waals surface area contributed by atoms with E-state index in [0.717, 1.165) is 0 Å². The molecule has 0 saturated heterocycles. The summed E-state index contributed by atoms with van der Waals surface area (Å²) < 4.78 is 54.6. The first-order valence-corrected chi connectivity index (χ1v) is 6.82. The lowest BCUT2D eigenvalue weighted by atomic mass is 10.2. The fourth-order valence-electron chi connectivity index (χ4n) is 1.01. The van der Waals surface area contributed by atoms with Crippen LogP contribution in [0.5, 0.6) is 0 Å². The molecular weight excluding hydrogens is 277 g/mol. The standard InChI is InChI=1S/C8H15F3N2O4S/c9-8(10,11)6(14)2-4-18(13,17)3-1-5(12)7(15)16/h5-6,13-14H,1-4,12H2,(H,15,16)/t5?,6?,18-/m1/s1. The van der Waals surface area contributed by atoms with E-state index in [0.29, 0.717) is 0 Å². The second-order valence-electron chi connectivity index (χ2n) is 3.80. The van der Waals surface area contributed by atoms with Crippen molar-refractivity contribution in [2.75, 3.05) is 11.5 Å². The highest BCUT2D eigenvalue weighted by Crippen LogP contribution is 2.22. The molecule has 3 atom stereocenters. The molecule has 0 aliphatic heterocycles. The Labute approximate surface area is 102 Å². The van der Waals surface area contributed by atoms with Crippen molar-refractivity contribution in [2.24, 2.45) is 5.73 Å². The highest BCUT2D eigenvalue weighted by molar-refractivity contribution is 7.92. The van der Waals surface area contributed by atoms with Gasteiger partial charge in [0.25, 0.3) is 0 Å². The van der Waals surface area contributed by atoms with E-state index in [-0.39, 0.29) is 6.42 Å². The van der Waals surface area contributed by atoms with Crippen LogP contribution in [0.3, 0.4) is 0 Å². The largest absolute Gasteiger partial charge is 0.480 e.